The van der Waals surface area contributed by atoms with Gasteiger partial charge in [-0.2, -0.15) is 0 Å². The molecule has 0 saturated heterocycles. The maximum atomic E-state index is 11.7. The topological polar surface area (TPSA) is 40.5 Å². The second kappa shape index (κ2) is 4.15. The van der Waals surface area contributed by atoms with Crippen molar-refractivity contribution < 1.29 is 9.90 Å². The monoisotopic (exact) mass is 233 g/mol. The number of benzene rings is 1. The molecular formula is C14H19NO2. The van der Waals surface area contributed by atoms with Gasteiger partial charge in [0.2, 0.25) is 0 Å². The number of phenols is 1. The van der Waals surface area contributed by atoms with Crippen LogP contribution in [0.3, 0.4) is 0 Å². The Balaban J connectivity index is 2.34. The van der Waals surface area contributed by atoms with E-state index in [4.69, 9.17) is 0 Å². The average molecular weight is 233 g/mol. The van der Waals surface area contributed by atoms with Crippen LogP contribution < -0.4 is 0 Å². The second-order valence-electron chi connectivity index (χ2n) is 5.22. The molecule has 0 heterocycles. The van der Waals surface area contributed by atoms with E-state index in [2.05, 4.69) is 0 Å². The van der Waals surface area contributed by atoms with Crippen LogP contribution in [0.5, 0.6) is 5.75 Å². The van der Waals surface area contributed by atoms with E-state index in [-0.39, 0.29) is 11.2 Å². The summed E-state index contributed by atoms with van der Waals surface area (Å²) in [5, 5.41) is 9.80. The van der Waals surface area contributed by atoms with Crippen LogP contribution in [-0.4, -0.2) is 29.9 Å². The zero-order chi connectivity index (χ0) is 12.6. The molecule has 2 rings (SSSR count). The Morgan fingerprint density at radius 2 is 2.06 bits per heavy atom. The Morgan fingerprint density at radius 3 is 2.53 bits per heavy atom. The summed E-state index contributed by atoms with van der Waals surface area (Å²) >= 11 is 0. The summed E-state index contributed by atoms with van der Waals surface area (Å²) in [7, 11) is 3.92. The Morgan fingerprint density at radius 1 is 1.41 bits per heavy atom. The number of carbonyl (C=O) groups is 1. The third-order valence-electron chi connectivity index (χ3n) is 3.54. The largest absolute Gasteiger partial charge is 0.508 e. The molecule has 1 aromatic carbocycles. The predicted octanol–water partition coefficient (Wildman–Crippen LogP) is 2.07. The van der Waals surface area contributed by atoms with Gasteiger partial charge in [-0.3, -0.25) is 4.79 Å². The fourth-order valence-corrected chi connectivity index (χ4v) is 2.32. The van der Waals surface area contributed by atoms with Crippen molar-refractivity contribution >= 4 is 5.78 Å². The van der Waals surface area contributed by atoms with E-state index in [1.54, 1.807) is 13.0 Å². The Bertz CT molecular complexity index is 448. The number of rotatable bonds is 4. The molecule has 0 amide bonds. The molecule has 0 radical (unpaired) electrons. The van der Waals surface area contributed by atoms with Crippen LogP contribution in [0.1, 0.15) is 30.9 Å². The van der Waals surface area contributed by atoms with Gasteiger partial charge in [-0.05, 0) is 51.6 Å². The Labute approximate surface area is 102 Å². The number of hydrogen-bond acceptors (Lipinski definition) is 3. The van der Waals surface area contributed by atoms with Gasteiger partial charge in [-0.1, -0.05) is 6.07 Å². The van der Waals surface area contributed by atoms with E-state index < -0.39 is 0 Å². The number of aromatic hydroxyl groups is 1. The lowest BCUT2D eigenvalue weighted by molar-refractivity contribution is -0.119. The van der Waals surface area contributed by atoms with Crippen molar-refractivity contribution in [1.29, 1.82) is 0 Å². The van der Waals surface area contributed by atoms with Crippen LogP contribution in [-0.2, 0) is 16.8 Å². The summed E-state index contributed by atoms with van der Waals surface area (Å²) < 4.78 is 0. The number of Topliss-reactive ketones (excluding diaryl/α,β-unsaturated/α-hetero) is 1. The highest BCUT2D eigenvalue weighted by Gasteiger charge is 2.48. The molecule has 1 aliphatic rings. The first-order chi connectivity index (χ1) is 7.95. The molecule has 1 saturated carbocycles. The zero-order valence-electron chi connectivity index (χ0n) is 10.7. The fourth-order valence-electron chi connectivity index (χ4n) is 2.32. The van der Waals surface area contributed by atoms with Crippen LogP contribution in [0.4, 0.5) is 0 Å². The minimum Gasteiger partial charge on any atom is -0.508 e. The van der Waals surface area contributed by atoms with Crippen LogP contribution >= 0.6 is 0 Å². The second-order valence-corrected chi connectivity index (χ2v) is 5.22. The van der Waals surface area contributed by atoms with E-state index >= 15 is 0 Å². The molecule has 1 N–H and O–H groups in total. The smallest absolute Gasteiger partial charge is 0.140 e. The third kappa shape index (κ3) is 2.20. The molecule has 0 unspecified atom stereocenters. The molecule has 0 aromatic heterocycles. The standard InChI is InChI=1S/C14H19NO2/c1-10(16)14(6-7-14)12-4-5-13(17)11(8-12)9-15(2)3/h4-5,8,17H,6-7,9H2,1-3H3. The number of nitrogens with zero attached hydrogens (tertiary/aromatic N) is 1. The summed E-state index contributed by atoms with van der Waals surface area (Å²) in [6.07, 6.45) is 1.88. The van der Waals surface area contributed by atoms with Crippen molar-refractivity contribution in [2.24, 2.45) is 0 Å². The average Bonchev–Trinajstić information content (AvgIpc) is 3.01. The summed E-state index contributed by atoms with van der Waals surface area (Å²) in [5.41, 5.74) is 1.69. The fraction of sp³-hybridized carbons (Fsp3) is 0.500. The molecule has 92 valence electrons. The zero-order valence-corrected chi connectivity index (χ0v) is 10.7. The van der Waals surface area contributed by atoms with Crippen molar-refractivity contribution in [2.75, 3.05) is 14.1 Å². The van der Waals surface area contributed by atoms with Gasteiger partial charge in [0.15, 0.2) is 0 Å². The van der Waals surface area contributed by atoms with Gasteiger partial charge in [-0.15, -0.1) is 0 Å². The van der Waals surface area contributed by atoms with Crippen molar-refractivity contribution in [3.63, 3.8) is 0 Å². The predicted molar refractivity (Wildman–Crippen MR) is 67.1 cm³/mol. The van der Waals surface area contributed by atoms with Gasteiger partial charge in [0.1, 0.15) is 11.5 Å². The van der Waals surface area contributed by atoms with E-state index in [1.165, 1.54) is 0 Å². The molecular weight excluding hydrogens is 214 g/mol. The molecule has 3 heteroatoms. The molecule has 3 nitrogen and oxygen atoms in total. The highest BCUT2D eigenvalue weighted by Crippen LogP contribution is 2.49. The number of hydrogen-bond donors (Lipinski definition) is 1. The first-order valence-electron chi connectivity index (χ1n) is 5.94. The van der Waals surface area contributed by atoms with Gasteiger partial charge >= 0.3 is 0 Å². The van der Waals surface area contributed by atoms with Gasteiger partial charge in [0.25, 0.3) is 0 Å². The summed E-state index contributed by atoms with van der Waals surface area (Å²) in [4.78, 5) is 13.7. The van der Waals surface area contributed by atoms with Crippen molar-refractivity contribution in [1.82, 2.24) is 4.90 Å². The highest BCUT2D eigenvalue weighted by molar-refractivity contribution is 5.91. The van der Waals surface area contributed by atoms with Crippen LogP contribution in [0, 0.1) is 0 Å². The molecule has 0 spiro atoms. The van der Waals surface area contributed by atoms with E-state index in [9.17, 15) is 9.90 Å². The molecule has 1 aromatic rings. The molecule has 1 aliphatic carbocycles. The van der Waals surface area contributed by atoms with Crippen LogP contribution in [0.15, 0.2) is 18.2 Å². The summed E-state index contributed by atoms with van der Waals surface area (Å²) in [6.45, 7) is 2.35. The Hall–Kier alpha value is -1.35. The minimum atomic E-state index is -0.255. The first kappa shape index (κ1) is 12.1. The SMILES string of the molecule is CC(=O)C1(c2ccc(O)c(CN(C)C)c2)CC1. The third-order valence-corrected chi connectivity index (χ3v) is 3.54. The maximum Gasteiger partial charge on any atom is 0.140 e. The molecule has 0 atom stereocenters. The van der Waals surface area contributed by atoms with Crippen molar-refractivity contribution in [2.45, 2.75) is 31.7 Å². The lowest BCUT2D eigenvalue weighted by atomic mass is 9.90. The molecule has 17 heavy (non-hydrogen) atoms. The lowest BCUT2D eigenvalue weighted by Gasteiger charge is -2.16. The normalized spacial score (nSPS) is 17.2. The van der Waals surface area contributed by atoms with E-state index in [1.807, 2.05) is 31.1 Å². The van der Waals surface area contributed by atoms with Gasteiger partial charge < -0.3 is 10.0 Å². The van der Waals surface area contributed by atoms with E-state index in [0.29, 0.717) is 12.3 Å². The Kier molecular flexibility index (Phi) is 2.96. The van der Waals surface area contributed by atoms with Gasteiger partial charge in [0, 0.05) is 12.1 Å². The molecule has 0 bridgehead atoms. The van der Waals surface area contributed by atoms with Crippen molar-refractivity contribution in [3.05, 3.63) is 29.3 Å². The van der Waals surface area contributed by atoms with Crippen LogP contribution in [0.25, 0.3) is 0 Å². The number of ketones is 1. The van der Waals surface area contributed by atoms with Crippen LogP contribution in [0.2, 0.25) is 0 Å². The maximum absolute atomic E-state index is 11.7. The molecule has 1 fully saturated rings. The molecule has 0 aliphatic heterocycles. The quantitative estimate of drug-likeness (QED) is 0.865. The van der Waals surface area contributed by atoms with Gasteiger partial charge in [0.05, 0.1) is 5.41 Å². The number of carbonyl (C=O) groups excluding carboxylic acids is 1. The lowest BCUT2D eigenvalue weighted by Crippen LogP contribution is -2.18. The number of phenolic OH excluding ortho intramolecular Hbond substituents is 1. The van der Waals surface area contributed by atoms with Crippen molar-refractivity contribution in [3.8, 4) is 5.75 Å². The minimum absolute atomic E-state index is 0.235. The van der Waals surface area contributed by atoms with E-state index in [0.717, 1.165) is 24.0 Å². The first-order valence-corrected chi connectivity index (χ1v) is 5.94. The summed E-state index contributed by atoms with van der Waals surface area (Å²) in [6, 6.07) is 5.56. The highest BCUT2D eigenvalue weighted by atomic mass is 16.3. The van der Waals surface area contributed by atoms with Gasteiger partial charge in [-0.25, -0.2) is 0 Å². The summed E-state index contributed by atoms with van der Waals surface area (Å²) in [5.74, 6) is 0.542.